The molecule has 0 aliphatic carbocycles. The molecule has 1 aliphatic rings. The molecule has 4 rings (SSSR count). The number of carbonyl (C=O) groups excluding carboxylic acids is 1. The third kappa shape index (κ3) is 3.65. The van der Waals surface area contributed by atoms with Gasteiger partial charge in [-0.05, 0) is 50.1 Å². The van der Waals surface area contributed by atoms with Gasteiger partial charge in [0.1, 0.15) is 5.69 Å². The Bertz CT molecular complexity index is 1220. The van der Waals surface area contributed by atoms with Crippen LogP contribution < -0.4 is 5.32 Å². The summed E-state index contributed by atoms with van der Waals surface area (Å²) < 4.78 is 26.3. The number of hydrogen-bond donors (Lipinski definition) is 1. The van der Waals surface area contributed by atoms with Gasteiger partial charge < -0.3 is 5.32 Å². The summed E-state index contributed by atoms with van der Waals surface area (Å²) in [7, 11) is -3.33. The molecule has 0 bridgehead atoms. The first-order valence-corrected chi connectivity index (χ1v) is 11.1. The maximum atomic E-state index is 12.9. The molecule has 0 saturated heterocycles. The van der Waals surface area contributed by atoms with Gasteiger partial charge in [-0.15, -0.1) is 0 Å². The van der Waals surface area contributed by atoms with E-state index in [0.29, 0.717) is 17.8 Å². The minimum Gasteiger partial charge on any atom is -0.344 e. The lowest BCUT2D eigenvalue weighted by molar-refractivity contribution is 0.0929. The predicted octanol–water partition coefficient (Wildman–Crippen LogP) is 3.19. The number of amides is 1. The van der Waals surface area contributed by atoms with Gasteiger partial charge in [0, 0.05) is 5.69 Å². The number of pyridine rings is 1. The van der Waals surface area contributed by atoms with Gasteiger partial charge in [0.05, 0.1) is 27.4 Å². The van der Waals surface area contributed by atoms with E-state index in [-0.39, 0.29) is 21.4 Å². The summed E-state index contributed by atoms with van der Waals surface area (Å²) in [4.78, 5) is 17.6. The highest BCUT2D eigenvalue weighted by atomic mass is 35.5. The fourth-order valence-electron chi connectivity index (χ4n) is 3.54. The summed E-state index contributed by atoms with van der Waals surface area (Å²) in [5.41, 5.74) is 2.38. The summed E-state index contributed by atoms with van der Waals surface area (Å²) in [6, 6.07) is 11.5. The van der Waals surface area contributed by atoms with Crippen LogP contribution in [-0.2, 0) is 9.84 Å². The maximum Gasteiger partial charge on any atom is 0.272 e. The average Bonchev–Trinajstić information content (AvgIpc) is 3.03. The second kappa shape index (κ2) is 7.27. The number of nitrogens with one attached hydrogen (secondary N) is 1. The Morgan fingerprint density at radius 3 is 2.69 bits per heavy atom. The molecule has 1 aliphatic heterocycles. The number of aryl methyl sites for hydroxylation is 2. The van der Waals surface area contributed by atoms with Crippen LogP contribution in [0.2, 0.25) is 5.02 Å². The largest absolute Gasteiger partial charge is 0.344 e. The zero-order chi connectivity index (χ0) is 20.8. The molecule has 7 nitrogen and oxygen atoms in total. The molecule has 0 saturated carbocycles. The lowest BCUT2D eigenvalue weighted by Gasteiger charge is -2.26. The van der Waals surface area contributed by atoms with Crippen LogP contribution >= 0.6 is 11.6 Å². The first kappa shape index (κ1) is 19.6. The molecule has 0 spiro atoms. The van der Waals surface area contributed by atoms with E-state index in [1.54, 1.807) is 41.1 Å². The van der Waals surface area contributed by atoms with Crippen LogP contribution in [0.3, 0.4) is 0 Å². The number of sulfone groups is 1. The number of halogens is 1. The fourth-order valence-corrected chi connectivity index (χ4v) is 5.35. The molecule has 2 aromatic heterocycles. The molecular formula is C20H19ClN4O3S. The Morgan fingerprint density at radius 1 is 1.21 bits per heavy atom. The van der Waals surface area contributed by atoms with Crippen molar-refractivity contribution in [3.63, 3.8) is 0 Å². The summed E-state index contributed by atoms with van der Waals surface area (Å²) in [5, 5.41) is 7.49. The summed E-state index contributed by atoms with van der Waals surface area (Å²) in [6.45, 7) is 3.77. The molecule has 0 fully saturated rings. The van der Waals surface area contributed by atoms with Crippen molar-refractivity contribution >= 4 is 27.3 Å². The van der Waals surface area contributed by atoms with E-state index in [1.807, 2.05) is 19.9 Å². The van der Waals surface area contributed by atoms with Crippen molar-refractivity contribution in [3.8, 4) is 5.82 Å². The SMILES string of the molecule is Cc1cc(C)n(-c2ccc(Cl)c(C(=O)NC3CCS(=O)(=O)c4ccccc43)n2)n1. The fraction of sp³-hybridized carbons (Fsp3) is 0.250. The van der Waals surface area contributed by atoms with Gasteiger partial charge in [-0.2, -0.15) is 5.10 Å². The predicted molar refractivity (Wildman–Crippen MR) is 109 cm³/mol. The van der Waals surface area contributed by atoms with E-state index < -0.39 is 21.8 Å². The van der Waals surface area contributed by atoms with Gasteiger partial charge in [0.2, 0.25) is 0 Å². The highest BCUT2D eigenvalue weighted by Gasteiger charge is 2.31. The van der Waals surface area contributed by atoms with E-state index in [0.717, 1.165) is 11.4 Å². The molecule has 150 valence electrons. The lowest BCUT2D eigenvalue weighted by Crippen LogP contribution is -2.34. The maximum absolute atomic E-state index is 12.9. The van der Waals surface area contributed by atoms with Crippen molar-refractivity contribution in [3.05, 3.63) is 70.1 Å². The van der Waals surface area contributed by atoms with Crippen molar-refractivity contribution in [2.75, 3.05) is 5.75 Å². The van der Waals surface area contributed by atoms with Crippen molar-refractivity contribution in [1.29, 1.82) is 0 Å². The number of nitrogens with zero attached hydrogens (tertiary/aromatic N) is 3. The number of rotatable bonds is 3. The molecule has 1 atom stereocenters. The third-order valence-corrected chi connectivity index (χ3v) is 7.00. The Hall–Kier alpha value is -2.71. The van der Waals surface area contributed by atoms with E-state index in [1.165, 1.54) is 0 Å². The van der Waals surface area contributed by atoms with Crippen LogP contribution in [0.5, 0.6) is 0 Å². The van der Waals surface area contributed by atoms with Crippen LogP contribution in [-0.4, -0.2) is 34.8 Å². The van der Waals surface area contributed by atoms with Gasteiger partial charge in [-0.25, -0.2) is 18.1 Å². The molecule has 29 heavy (non-hydrogen) atoms. The highest BCUT2D eigenvalue weighted by molar-refractivity contribution is 7.91. The van der Waals surface area contributed by atoms with Crippen molar-refractivity contribution < 1.29 is 13.2 Å². The van der Waals surface area contributed by atoms with Gasteiger partial charge in [-0.1, -0.05) is 29.8 Å². The smallest absolute Gasteiger partial charge is 0.272 e. The van der Waals surface area contributed by atoms with Crippen LogP contribution in [0.1, 0.15) is 39.9 Å². The Morgan fingerprint density at radius 2 is 1.97 bits per heavy atom. The number of carbonyl (C=O) groups is 1. The molecule has 1 unspecified atom stereocenters. The van der Waals surface area contributed by atoms with E-state index >= 15 is 0 Å². The standard InChI is InChI=1S/C20H19ClN4O3S/c1-12-11-13(2)25(24-12)18-8-7-15(21)19(23-18)20(26)22-16-9-10-29(27,28)17-6-4-3-5-14(16)17/h3-8,11,16H,9-10H2,1-2H3,(H,22,26). The van der Waals surface area contributed by atoms with Gasteiger partial charge >= 0.3 is 0 Å². The second-order valence-electron chi connectivity index (χ2n) is 7.01. The molecule has 1 amide bonds. The van der Waals surface area contributed by atoms with Gasteiger partial charge in [0.25, 0.3) is 5.91 Å². The Kier molecular flexibility index (Phi) is 4.92. The number of fused-ring (bicyclic) bond motifs is 1. The highest BCUT2D eigenvalue weighted by Crippen LogP contribution is 2.32. The first-order valence-electron chi connectivity index (χ1n) is 9.09. The monoisotopic (exact) mass is 430 g/mol. The number of aromatic nitrogens is 3. The van der Waals surface area contributed by atoms with Gasteiger partial charge in [0.15, 0.2) is 15.7 Å². The zero-order valence-corrected chi connectivity index (χ0v) is 17.5. The summed E-state index contributed by atoms with van der Waals surface area (Å²) >= 11 is 6.24. The summed E-state index contributed by atoms with van der Waals surface area (Å²) in [6.07, 6.45) is 0.292. The molecule has 3 heterocycles. The van der Waals surface area contributed by atoms with Crippen molar-refractivity contribution in [2.24, 2.45) is 0 Å². The average molecular weight is 431 g/mol. The Labute approximate surface area is 173 Å². The molecule has 9 heteroatoms. The normalized spacial score (nSPS) is 17.6. The molecule has 1 N–H and O–H groups in total. The topological polar surface area (TPSA) is 94.0 Å². The van der Waals surface area contributed by atoms with E-state index in [2.05, 4.69) is 15.4 Å². The lowest BCUT2D eigenvalue weighted by atomic mass is 10.0. The molecule has 0 radical (unpaired) electrons. The van der Waals surface area contributed by atoms with Crippen LogP contribution in [0.15, 0.2) is 47.4 Å². The molecule has 3 aromatic rings. The van der Waals surface area contributed by atoms with Crippen LogP contribution in [0.25, 0.3) is 5.82 Å². The van der Waals surface area contributed by atoms with Crippen molar-refractivity contribution in [2.45, 2.75) is 31.2 Å². The first-order chi connectivity index (χ1) is 13.8. The summed E-state index contributed by atoms with van der Waals surface area (Å²) in [5.74, 6) is -0.00342. The quantitative estimate of drug-likeness (QED) is 0.688. The minimum absolute atomic E-state index is 0.0259. The zero-order valence-electron chi connectivity index (χ0n) is 15.9. The van der Waals surface area contributed by atoms with Crippen molar-refractivity contribution in [1.82, 2.24) is 20.1 Å². The van der Waals surface area contributed by atoms with E-state index in [4.69, 9.17) is 11.6 Å². The molecule has 1 aromatic carbocycles. The molecular weight excluding hydrogens is 412 g/mol. The minimum atomic E-state index is -3.33. The van der Waals surface area contributed by atoms with Crippen LogP contribution in [0, 0.1) is 13.8 Å². The van der Waals surface area contributed by atoms with Crippen LogP contribution in [0.4, 0.5) is 0 Å². The van der Waals surface area contributed by atoms with Gasteiger partial charge in [-0.3, -0.25) is 4.79 Å². The number of benzene rings is 1. The second-order valence-corrected chi connectivity index (χ2v) is 9.49. The number of hydrogen-bond acceptors (Lipinski definition) is 5. The third-order valence-electron chi connectivity index (χ3n) is 4.88. The van der Waals surface area contributed by atoms with E-state index in [9.17, 15) is 13.2 Å². The Balaban J connectivity index is 1.66.